The Morgan fingerprint density at radius 1 is 1.33 bits per heavy atom. The minimum Gasteiger partial charge on any atom is -0.373 e. The van der Waals surface area contributed by atoms with Crippen LogP contribution in [0.4, 0.5) is 5.82 Å². The number of carbonyl (C=O) groups is 1. The molecule has 0 unspecified atom stereocenters. The molecule has 1 heterocycles. The van der Waals surface area contributed by atoms with Crippen LogP contribution in [0, 0.1) is 5.92 Å². The molecule has 1 saturated carbocycles. The van der Waals surface area contributed by atoms with E-state index >= 15 is 0 Å². The van der Waals surface area contributed by atoms with Crippen LogP contribution in [-0.4, -0.2) is 24.5 Å². The molecule has 0 aliphatic heterocycles. The third-order valence-electron chi connectivity index (χ3n) is 3.98. The van der Waals surface area contributed by atoms with Gasteiger partial charge in [0.1, 0.15) is 11.5 Å². The number of pyridine rings is 1. The van der Waals surface area contributed by atoms with E-state index in [-0.39, 0.29) is 5.91 Å². The van der Waals surface area contributed by atoms with Crippen molar-refractivity contribution in [3.8, 4) is 0 Å². The predicted octanol–water partition coefficient (Wildman–Crippen LogP) is 3.20. The molecule has 21 heavy (non-hydrogen) atoms. The number of benzene rings is 1. The summed E-state index contributed by atoms with van der Waals surface area (Å²) < 4.78 is 0. The maximum absolute atomic E-state index is 12.2. The highest BCUT2D eigenvalue weighted by Crippen LogP contribution is 2.33. The summed E-state index contributed by atoms with van der Waals surface area (Å²) in [7, 11) is 1.83. The molecule has 3 rings (SSSR count). The zero-order valence-corrected chi connectivity index (χ0v) is 12.4. The Morgan fingerprint density at radius 3 is 2.90 bits per heavy atom. The van der Waals surface area contributed by atoms with Gasteiger partial charge in [0.15, 0.2) is 0 Å². The lowest BCUT2D eigenvalue weighted by molar-refractivity contribution is 0.0948. The van der Waals surface area contributed by atoms with Crippen LogP contribution in [0.15, 0.2) is 30.3 Å². The Morgan fingerprint density at radius 2 is 2.14 bits per heavy atom. The molecule has 4 heteroatoms. The molecule has 2 aromatic rings. The first-order valence-corrected chi connectivity index (χ1v) is 7.63. The third-order valence-corrected chi connectivity index (χ3v) is 3.98. The monoisotopic (exact) mass is 283 g/mol. The average molecular weight is 283 g/mol. The molecule has 2 N–H and O–H groups in total. The minimum absolute atomic E-state index is 0.0898. The first kappa shape index (κ1) is 13.9. The quantitative estimate of drug-likeness (QED) is 0.800. The molecule has 4 nitrogen and oxygen atoms in total. The van der Waals surface area contributed by atoms with Gasteiger partial charge in [0.2, 0.25) is 0 Å². The van der Waals surface area contributed by atoms with Crippen molar-refractivity contribution in [1.29, 1.82) is 0 Å². The summed E-state index contributed by atoms with van der Waals surface area (Å²) in [6, 6.07) is 9.81. The fourth-order valence-corrected chi connectivity index (χ4v) is 2.60. The van der Waals surface area contributed by atoms with Crippen molar-refractivity contribution >= 4 is 22.5 Å². The van der Waals surface area contributed by atoms with Gasteiger partial charge >= 0.3 is 0 Å². The van der Waals surface area contributed by atoms with Gasteiger partial charge in [-0.3, -0.25) is 4.79 Å². The number of rotatable bonds is 6. The molecule has 110 valence electrons. The fourth-order valence-electron chi connectivity index (χ4n) is 2.60. The fraction of sp³-hybridized carbons (Fsp3) is 0.412. The van der Waals surface area contributed by atoms with E-state index in [9.17, 15) is 4.79 Å². The number of carbonyl (C=O) groups excluding carboxylic acids is 1. The number of nitrogens with zero attached hydrogens (tertiary/aromatic N) is 1. The predicted molar refractivity (Wildman–Crippen MR) is 85.6 cm³/mol. The molecule has 1 aromatic carbocycles. The van der Waals surface area contributed by atoms with Crippen LogP contribution in [0.1, 0.15) is 36.2 Å². The topological polar surface area (TPSA) is 54.0 Å². The van der Waals surface area contributed by atoms with Gasteiger partial charge in [0.05, 0.1) is 0 Å². The normalized spacial score (nSPS) is 14.1. The first-order chi connectivity index (χ1) is 10.3. The summed E-state index contributed by atoms with van der Waals surface area (Å²) in [5.41, 5.74) is 0.476. The van der Waals surface area contributed by atoms with Crippen LogP contribution in [0.25, 0.3) is 10.8 Å². The van der Waals surface area contributed by atoms with Crippen molar-refractivity contribution in [2.45, 2.75) is 25.7 Å². The van der Waals surface area contributed by atoms with Gasteiger partial charge in [-0.15, -0.1) is 0 Å². The Labute approximate surface area is 125 Å². The number of anilines is 1. The van der Waals surface area contributed by atoms with E-state index in [0.717, 1.165) is 35.5 Å². The number of hydrogen-bond donors (Lipinski definition) is 2. The molecule has 0 spiro atoms. The van der Waals surface area contributed by atoms with Crippen LogP contribution in [0.5, 0.6) is 0 Å². The van der Waals surface area contributed by atoms with Gasteiger partial charge in [0.25, 0.3) is 5.91 Å². The van der Waals surface area contributed by atoms with Crippen LogP contribution in [0.3, 0.4) is 0 Å². The number of amides is 1. The summed E-state index contributed by atoms with van der Waals surface area (Å²) in [5.74, 6) is 1.57. The van der Waals surface area contributed by atoms with Crippen LogP contribution in [-0.2, 0) is 0 Å². The van der Waals surface area contributed by atoms with Gasteiger partial charge in [-0.25, -0.2) is 4.98 Å². The van der Waals surface area contributed by atoms with Crippen molar-refractivity contribution in [1.82, 2.24) is 10.3 Å². The molecule has 1 aliphatic rings. The van der Waals surface area contributed by atoms with Gasteiger partial charge in [-0.05, 0) is 30.2 Å². The van der Waals surface area contributed by atoms with E-state index in [0.29, 0.717) is 5.69 Å². The summed E-state index contributed by atoms with van der Waals surface area (Å²) in [4.78, 5) is 16.6. The van der Waals surface area contributed by atoms with Gasteiger partial charge < -0.3 is 10.6 Å². The van der Waals surface area contributed by atoms with Crippen molar-refractivity contribution in [2.24, 2.45) is 5.92 Å². The van der Waals surface area contributed by atoms with Crippen molar-refractivity contribution < 1.29 is 4.79 Å². The second-order valence-electron chi connectivity index (χ2n) is 5.67. The number of fused-ring (bicyclic) bond motifs is 1. The summed E-state index contributed by atoms with van der Waals surface area (Å²) in [5, 5.41) is 8.09. The Hall–Kier alpha value is -2.10. The number of hydrogen-bond acceptors (Lipinski definition) is 3. The van der Waals surface area contributed by atoms with Crippen LogP contribution in [0.2, 0.25) is 0 Å². The highest BCUT2D eigenvalue weighted by Gasteiger charge is 2.20. The van der Waals surface area contributed by atoms with E-state index in [2.05, 4.69) is 15.6 Å². The van der Waals surface area contributed by atoms with E-state index in [1.54, 1.807) is 0 Å². The molecular weight excluding hydrogens is 262 g/mol. The molecule has 0 bridgehead atoms. The minimum atomic E-state index is -0.0898. The standard InChI is InChI=1S/C17H21N3O/c1-18-16-14-7-3-2-6-13(14)11-15(20-16)17(21)19-10-4-5-12-8-9-12/h2-3,6-7,11-12H,4-5,8-10H2,1H3,(H,18,20)(H,19,21). The molecule has 1 aliphatic carbocycles. The van der Waals surface area contributed by atoms with Crippen molar-refractivity contribution in [3.05, 3.63) is 36.0 Å². The molecule has 1 aromatic heterocycles. The SMILES string of the molecule is CNc1nc(C(=O)NCCCC2CC2)cc2ccccc12. The maximum atomic E-state index is 12.2. The van der Waals surface area contributed by atoms with Crippen molar-refractivity contribution in [2.75, 3.05) is 18.9 Å². The second kappa shape index (κ2) is 6.12. The van der Waals surface area contributed by atoms with E-state index in [1.165, 1.54) is 19.3 Å². The molecule has 0 saturated heterocycles. The molecule has 1 amide bonds. The van der Waals surface area contributed by atoms with E-state index in [1.807, 2.05) is 37.4 Å². The zero-order chi connectivity index (χ0) is 14.7. The number of nitrogens with one attached hydrogen (secondary N) is 2. The lowest BCUT2D eigenvalue weighted by atomic mass is 10.1. The first-order valence-electron chi connectivity index (χ1n) is 7.63. The highest BCUT2D eigenvalue weighted by atomic mass is 16.1. The van der Waals surface area contributed by atoms with E-state index < -0.39 is 0 Å². The van der Waals surface area contributed by atoms with Gasteiger partial charge in [0, 0.05) is 19.0 Å². The zero-order valence-electron chi connectivity index (χ0n) is 12.4. The molecule has 0 radical (unpaired) electrons. The Bertz CT molecular complexity index is 650. The Balaban J connectivity index is 1.71. The second-order valence-corrected chi connectivity index (χ2v) is 5.67. The van der Waals surface area contributed by atoms with Gasteiger partial charge in [-0.1, -0.05) is 37.1 Å². The third kappa shape index (κ3) is 3.32. The van der Waals surface area contributed by atoms with E-state index in [4.69, 9.17) is 0 Å². The highest BCUT2D eigenvalue weighted by molar-refractivity contribution is 6.00. The summed E-state index contributed by atoms with van der Waals surface area (Å²) in [6.45, 7) is 0.735. The maximum Gasteiger partial charge on any atom is 0.269 e. The largest absolute Gasteiger partial charge is 0.373 e. The molecular formula is C17H21N3O. The van der Waals surface area contributed by atoms with Crippen LogP contribution < -0.4 is 10.6 Å². The average Bonchev–Trinajstić information content (AvgIpc) is 3.34. The smallest absolute Gasteiger partial charge is 0.269 e. The summed E-state index contributed by atoms with van der Waals surface area (Å²) >= 11 is 0. The Kier molecular flexibility index (Phi) is 4.04. The van der Waals surface area contributed by atoms with Crippen molar-refractivity contribution in [3.63, 3.8) is 0 Å². The lowest BCUT2D eigenvalue weighted by Gasteiger charge is -2.09. The summed E-state index contributed by atoms with van der Waals surface area (Å²) in [6.07, 6.45) is 5.02. The lowest BCUT2D eigenvalue weighted by Crippen LogP contribution is -2.25. The molecule has 0 atom stereocenters. The molecule has 1 fully saturated rings. The van der Waals surface area contributed by atoms with Gasteiger partial charge in [-0.2, -0.15) is 0 Å². The number of aromatic nitrogens is 1. The van der Waals surface area contributed by atoms with Crippen LogP contribution >= 0.6 is 0 Å².